The van der Waals surface area contributed by atoms with Gasteiger partial charge in [0.05, 0.1) is 0 Å². The average molecular weight is 377 g/mol. The molecule has 0 aliphatic heterocycles. The fraction of sp³-hybridized carbons (Fsp3) is 0.421. The summed E-state index contributed by atoms with van der Waals surface area (Å²) in [5.74, 6) is -2.41. The zero-order chi connectivity index (χ0) is 20.1. The molecule has 0 saturated heterocycles. The number of aliphatic carboxylic acids is 1. The first kappa shape index (κ1) is 20.4. The van der Waals surface area contributed by atoms with Crippen molar-refractivity contribution >= 4 is 28.7 Å². The number of hydrogen-bond donors (Lipinski definition) is 4. The molecule has 146 valence electrons. The number of hydrogen-bond acceptors (Lipinski definition) is 3. The third-order valence-corrected chi connectivity index (χ3v) is 4.17. The molecule has 0 radical (unpaired) electrons. The lowest BCUT2D eigenvalue weighted by Gasteiger charge is -2.22. The highest BCUT2D eigenvalue weighted by atomic mass is 19.1. The summed E-state index contributed by atoms with van der Waals surface area (Å²) in [7, 11) is 0. The van der Waals surface area contributed by atoms with E-state index in [0.717, 1.165) is 10.9 Å². The van der Waals surface area contributed by atoms with Crippen molar-refractivity contribution in [2.75, 3.05) is 0 Å². The van der Waals surface area contributed by atoms with Crippen LogP contribution in [0.15, 0.2) is 24.4 Å². The molecule has 4 N–H and O–H groups in total. The van der Waals surface area contributed by atoms with Crippen molar-refractivity contribution in [3.8, 4) is 0 Å². The lowest BCUT2D eigenvalue weighted by Crippen LogP contribution is -2.52. The lowest BCUT2D eigenvalue weighted by atomic mass is 10.0. The van der Waals surface area contributed by atoms with E-state index in [2.05, 4.69) is 15.6 Å². The van der Waals surface area contributed by atoms with Crippen LogP contribution >= 0.6 is 0 Å². The number of aromatic nitrogens is 1. The maximum Gasteiger partial charge on any atom is 0.326 e. The van der Waals surface area contributed by atoms with Gasteiger partial charge in [0, 0.05) is 30.4 Å². The Labute approximate surface area is 156 Å². The second kappa shape index (κ2) is 8.66. The molecular formula is C19H24FN3O4. The Hall–Kier alpha value is -2.90. The van der Waals surface area contributed by atoms with Crippen LogP contribution in [-0.4, -0.2) is 40.0 Å². The number of amides is 2. The topological polar surface area (TPSA) is 111 Å². The lowest BCUT2D eigenvalue weighted by molar-refractivity contribution is -0.142. The minimum absolute atomic E-state index is 0.0779. The Kier molecular flexibility index (Phi) is 6.55. The molecule has 1 aromatic carbocycles. The normalized spacial score (nSPS) is 13.4. The predicted octanol–water partition coefficient (Wildman–Crippen LogP) is 1.97. The summed E-state index contributed by atoms with van der Waals surface area (Å²) in [6.45, 7) is 5.00. The van der Waals surface area contributed by atoms with Gasteiger partial charge in [-0.3, -0.25) is 9.59 Å². The molecule has 1 unspecified atom stereocenters. The first-order valence-corrected chi connectivity index (χ1v) is 8.73. The molecule has 1 aromatic heterocycles. The van der Waals surface area contributed by atoms with Crippen LogP contribution in [0.1, 0.15) is 32.8 Å². The van der Waals surface area contributed by atoms with Gasteiger partial charge in [-0.05, 0) is 36.1 Å². The minimum atomic E-state index is -1.12. The quantitative estimate of drug-likeness (QED) is 0.563. The van der Waals surface area contributed by atoms with E-state index in [9.17, 15) is 23.9 Å². The van der Waals surface area contributed by atoms with Crippen LogP contribution in [0, 0.1) is 11.7 Å². The van der Waals surface area contributed by atoms with E-state index < -0.39 is 29.9 Å². The number of carbonyl (C=O) groups is 3. The highest BCUT2D eigenvalue weighted by Gasteiger charge is 2.27. The van der Waals surface area contributed by atoms with E-state index in [1.54, 1.807) is 12.3 Å². The fourth-order valence-electron chi connectivity index (χ4n) is 2.97. The maximum absolute atomic E-state index is 13.3. The van der Waals surface area contributed by atoms with Crippen LogP contribution < -0.4 is 10.6 Å². The molecule has 27 heavy (non-hydrogen) atoms. The van der Waals surface area contributed by atoms with Crippen LogP contribution in [-0.2, 0) is 20.8 Å². The first-order chi connectivity index (χ1) is 12.7. The molecule has 0 aliphatic rings. The van der Waals surface area contributed by atoms with E-state index in [0.29, 0.717) is 5.52 Å². The minimum Gasteiger partial charge on any atom is -0.480 e. The molecule has 0 bridgehead atoms. The standard InChI is InChI=1S/C19H24FN3O4/c1-10(2)6-17(19(26)27)23-18(25)16(22-11(3)24)7-12-9-21-15-8-13(20)4-5-14(12)15/h4-5,8-10,16-17,21H,6-7H2,1-3H3,(H,22,24)(H,23,25)(H,26,27)/t16?,17-/m1/s1. The molecule has 0 aliphatic carbocycles. The van der Waals surface area contributed by atoms with Crippen LogP contribution in [0.4, 0.5) is 4.39 Å². The Morgan fingerprint density at radius 1 is 1.19 bits per heavy atom. The summed E-state index contributed by atoms with van der Waals surface area (Å²) in [4.78, 5) is 38.5. The zero-order valence-electron chi connectivity index (χ0n) is 15.5. The third kappa shape index (κ3) is 5.54. The molecule has 7 nitrogen and oxygen atoms in total. The van der Waals surface area contributed by atoms with Crippen LogP contribution in [0.2, 0.25) is 0 Å². The van der Waals surface area contributed by atoms with Gasteiger partial charge in [-0.2, -0.15) is 0 Å². The Morgan fingerprint density at radius 2 is 1.89 bits per heavy atom. The smallest absolute Gasteiger partial charge is 0.326 e. The van der Waals surface area contributed by atoms with Gasteiger partial charge in [0.1, 0.15) is 17.9 Å². The number of halogens is 1. The second-order valence-electron chi connectivity index (χ2n) is 6.99. The van der Waals surface area contributed by atoms with E-state index in [4.69, 9.17) is 0 Å². The Morgan fingerprint density at radius 3 is 2.48 bits per heavy atom. The summed E-state index contributed by atoms with van der Waals surface area (Å²) in [5, 5.41) is 15.1. The van der Waals surface area contributed by atoms with Crippen molar-refractivity contribution in [2.24, 2.45) is 5.92 Å². The molecular weight excluding hydrogens is 353 g/mol. The van der Waals surface area contributed by atoms with Gasteiger partial charge in [0.25, 0.3) is 0 Å². The number of H-pyrrole nitrogens is 1. The van der Waals surface area contributed by atoms with Crippen LogP contribution in [0.5, 0.6) is 0 Å². The summed E-state index contributed by atoms with van der Waals surface area (Å²) in [6, 6.07) is 2.27. The average Bonchev–Trinajstić information content (AvgIpc) is 2.94. The fourth-order valence-corrected chi connectivity index (χ4v) is 2.97. The number of aromatic amines is 1. The van der Waals surface area contributed by atoms with Gasteiger partial charge in [0.15, 0.2) is 0 Å². The zero-order valence-corrected chi connectivity index (χ0v) is 15.5. The predicted molar refractivity (Wildman–Crippen MR) is 98.6 cm³/mol. The van der Waals surface area contributed by atoms with Gasteiger partial charge in [-0.25, -0.2) is 9.18 Å². The number of nitrogens with one attached hydrogen (secondary N) is 3. The summed E-state index contributed by atoms with van der Waals surface area (Å²) in [5.41, 5.74) is 1.30. The molecule has 1 heterocycles. The van der Waals surface area contributed by atoms with Crippen molar-refractivity contribution < 1.29 is 23.9 Å². The van der Waals surface area contributed by atoms with Crippen molar-refractivity contribution in [3.05, 3.63) is 35.8 Å². The largest absolute Gasteiger partial charge is 0.480 e. The van der Waals surface area contributed by atoms with E-state index in [1.165, 1.54) is 19.1 Å². The third-order valence-electron chi connectivity index (χ3n) is 4.17. The van der Waals surface area contributed by atoms with Crippen molar-refractivity contribution in [2.45, 2.75) is 45.7 Å². The van der Waals surface area contributed by atoms with Crippen molar-refractivity contribution in [1.82, 2.24) is 15.6 Å². The number of rotatable bonds is 8. The second-order valence-corrected chi connectivity index (χ2v) is 6.99. The van der Waals surface area contributed by atoms with E-state index in [1.807, 2.05) is 13.8 Å². The maximum atomic E-state index is 13.3. The molecule has 2 atom stereocenters. The highest BCUT2D eigenvalue weighted by molar-refractivity contribution is 5.91. The van der Waals surface area contributed by atoms with Crippen molar-refractivity contribution in [1.29, 1.82) is 0 Å². The van der Waals surface area contributed by atoms with Crippen LogP contribution in [0.25, 0.3) is 10.9 Å². The molecule has 0 fully saturated rings. The Balaban J connectivity index is 2.21. The number of carbonyl (C=O) groups excluding carboxylic acids is 2. The Bertz CT molecular complexity index is 847. The SMILES string of the molecule is CC(=O)NC(Cc1c[nH]c2cc(F)ccc12)C(=O)N[C@H](CC(C)C)C(=O)O. The van der Waals surface area contributed by atoms with E-state index >= 15 is 0 Å². The number of benzene rings is 1. The molecule has 0 spiro atoms. The molecule has 0 saturated carbocycles. The van der Waals surface area contributed by atoms with E-state index in [-0.39, 0.29) is 24.6 Å². The monoisotopic (exact) mass is 377 g/mol. The molecule has 2 amide bonds. The van der Waals surface area contributed by atoms with Gasteiger partial charge >= 0.3 is 5.97 Å². The van der Waals surface area contributed by atoms with Gasteiger partial charge < -0.3 is 20.7 Å². The van der Waals surface area contributed by atoms with Crippen LogP contribution in [0.3, 0.4) is 0 Å². The molecule has 2 rings (SSSR count). The molecule has 8 heteroatoms. The van der Waals surface area contributed by atoms with Gasteiger partial charge in [0.2, 0.25) is 11.8 Å². The summed E-state index contributed by atoms with van der Waals surface area (Å²) < 4.78 is 13.3. The summed E-state index contributed by atoms with van der Waals surface area (Å²) >= 11 is 0. The highest BCUT2D eigenvalue weighted by Crippen LogP contribution is 2.20. The first-order valence-electron chi connectivity index (χ1n) is 8.73. The number of fused-ring (bicyclic) bond motifs is 1. The number of carboxylic acid groups (broad SMARTS) is 1. The number of carboxylic acids is 1. The summed E-state index contributed by atoms with van der Waals surface area (Å²) in [6.07, 6.45) is 2.07. The molecule has 2 aromatic rings. The van der Waals surface area contributed by atoms with Crippen molar-refractivity contribution in [3.63, 3.8) is 0 Å². The van der Waals surface area contributed by atoms with Gasteiger partial charge in [-0.1, -0.05) is 13.8 Å². The van der Waals surface area contributed by atoms with Gasteiger partial charge in [-0.15, -0.1) is 0 Å².